The Balaban J connectivity index is 2.01. The average molecular weight is 303 g/mol. The van der Waals surface area contributed by atoms with Crippen LogP contribution < -0.4 is 0 Å². The van der Waals surface area contributed by atoms with E-state index in [0.29, 0.717) is 5.03 Å². The zero-order valence-electron chi connectivity index (χ0n) is 10.4. The van der Waals surface area contributed by atoms with Gasteiger partial charge in [-0.15, -0.1) is 11.3 Å². The molecule has 1 N–H and O–H groups in total. The predicted octanol–water partition coefficient (Wildman–Crippen LogP) is 3.24. The number of pyridine rings is 1. The fourth-order valence-electron chi connectivity index (χ4n) is 1.72. The number of rotatable bonds is 3. The molecule has 0 aromatic carbocycles. The van der Waals surface area contributed by atoms with E-state index in [1.54, 1.807) is 17.4 Å². The summed E-state index contributed by atoms with van der Waals surface area (Å²) in [5.74, 6) is -0.964. The van der Waals surface area contributed by atoms with Gasteiger partial charge in [0.1, 0.15) is 16.4 Å². The molecule has 0 saturated carbocycles. The normalized spacial score (nSPS) is 10.8. The minimum absolute atomic E-state index is 0.218. The van der Waals surface area contributed by atoms with Crippen molar-refractivity contribution in [3.05, 3.63) is 41.2 Å². The van der Waals surface area contributed by atoms with E-state index in [-0.39, 0.29) is 5.56 Å². The third kappa shape index (κ3) is 2.37. The van der Waals surface area contributed by atoms with Crippen LogP contribution >= 0.6 is 23.1 Å². The van der Waals surface area contributed by atoms with E-state index in [9.17, 15) is 4.79 Å². The highest BCUT2D eigenvalue weighted by Crippen LogP contribution is 2.34. The lowest BCUT2D eigenvalue weighted by atomic mass is 10.3. The van der Waals surface area contributed by atoms with E-state index >= 15 is 0 Å². The second kappa shape index (κ2) is 5.18. The average Bonchev–Trinajstić information content (AvgIpc) is 2.82. The summed E-state index contributed by atoms with van der Waals surface area (Å²) in [6.45, 7) is 2.00. The molecule has 0 fully saturated rings. The van der Waals surface area contributed by atoms with Crippen molar-refractivity contribution in [3.63, 3.8) is 0 Å². The Bertz CT molecular complexity index is 801. The zero-order valence-corrected chi connectivity index (χ0v) is 12.0. The van der Waals surface area contributed by atoms with Crippen molar-refractivity contribution in [2.24, 2.45) is 0 Å². The molecule has 7 heteroatoms. The van der Waals surface area contributed by atoms with Gasteiger partial charge in [-0.05, 0) is 41.8 Å². The molecule has 0 atom stereocenters. The largest absolute Gasteiger partial charge is 0.478 e. The lowest BCUT2D eigenvalue weighted by Crippen LogP contribution is -1.96. The van der Waals surface area contributed by atoms with Gasteiger partial charge in [-0.3, -0.25) is 0 Å². The highest BCUT2D eigenvalue weighted by Gasteiger charge is 2.11. The van der Waals surface area contributed by atoms with Crippen LogP contribution in [0.1, 0.15) is 15.9 Å². The van der Waals surface area contributed by atoms with Gasteiger partial charge in [-0.1, -0.05) is 0 Å². The summed E-state index contributed by atoms with van der Waals surface area (Å²) >= 11 is 2.93. The molecule has 0 spiro atoms. The minimum atomic E-state index is -0.964. The highest BCUT2D eigenvalue weighted by atomic mass is 32.2. The van der Waals surface area contributed by atoms with Crippen LogP contribution in [-0.4, -0.2) is 26.0 Å². The third-order valence-corrected chi connectivity index (χ3v) is 4.84. The molecule has 3 aromatic rings. The molecule has 0 saturated heterocycles. The fourth-order valence-corrected chi connectivity index (χ4v) is 3.66. The van der Waals surface area contributed by atoms with Crippen molar-refractivity contribution in [1.82, 2.24) is 15.0 Å². The zero-order chi connectivity index (χ0) is 14.1. The lowest BCUT2D eigenvalue weighted by Gasteiger charge is -2.02. The first-order chi connectivity index (χ1) is 9.65. The van der Waals surface area contributed by atoms with Gasteiger partial charge >= 0.3 is 5.97 Å². The lowest BCUT2D eigenvalue weighted by molar-refractivity contribution is 0.0696. The summed E-state index contributed by atoms with van der Waals surface area (Å²) in [5.41, 5.74) is 2.26. The molecule has 0 amide bonds. The highest BCUT2D eigenvalue weighted by molar-refractivity contribution is 7.99. The number of hydrogen-bond donors (Lipinski definition) is 1. The number of carboxylic acid groups (broad SMARTS) is 1. The first kappa shape index (κ1) is 13.0. The summed E-state index contributed by atoms with van der Waals surface area (Å²) in [6, 6.07) is 3.01. The van der Waals surface area contributed by atoms with E-state index in [0.717, 1.165) is 20.8 Å². The van der Waals surface area contributed by atoms with Gasteiger partial charge in [-0.25, -0.2) is 19.7 Å². The van der Waals surface area contributed by atoms with Crippen LogP contribution in [0.15, 0.2) is 40.1 Å². The van der Waals surface area contributed by atoms with Crippen LogP contribution in [0, 0.1) is 6.92 Å². The first-order valence-corrected chi connectivity index (χ1v) is 7.41. The summed E-state index contributed by atoms with van der Waals surface area (Å²) in [5, 5.41) is 12.4. The van der Waals surface area contributed by atoms with Crippen LogP contribution in [-0.2, 0) is 0 Å². The van der Waals surface area contributed by atoms with E-state index < -0.39 is 5.97 Å². The molecule has 3 heterocycles. The summed E-state index contributed by atoms with van der Waals surface area (Å²) in [4.78, 5) is 23.7. The molecule has 0 unspecified atom stereocenters. The molecule has 20 heavy (non-hydrogen) atoms. The second-order valence-electron chi connectivity index (χ2n) is 4.07. The number of nitrogens with zero attached hydrogens (tertiary/aromatic N) is 3. The molecule has 0 aliphatic carbocycles. The van der Waals surface area contributed by atoms with Crippen molar-refractivity contribution in [2.75, 3.05) is 0 Å². The fraction of sp³-hybridized carbons (Fsp3) is 0.0769. The molecule has 0 aliphatic rings. The number of thiophene rings is 1. The number of carbonyl (C=O) groups is 1. The second-order valence-corrected chi connectivity index (χ2v) is 5.95. The molecule has 0 aliphatic heterocycles. The Morgan fingerprint density at radius 2 is 2.20 bits per heavy atom. The van der Waals surface area contributed by atoms with Crippen molar-refractivity contribution < 1.29 is 9.90 Å². The van der Waals surface area contributed by atoms with Crippen molar-refractivity contribution >= 4 is 39.3 Å². The van der Waals surface area contributed by atoms with E-state index in [1.165, 1.54) is 30.4 Å². The van der Waals surface area contributed by atoms with Crippen LogP contribution in [0.5, 0.6) is 0 Å². The summed E-state index contributed by atoms with van der Waals surface area (Å²) in [7, 11) is 0. The van der Waals surface area contributed by atoms with Crippen LogP contribution in [0.3, 0.4) is 0 Å². The minimum Gasteiger partial charge on any atom is -0.478 e. The van der Waals surface area contributed by atoms with Gasteiger partial charge in [0.2, 0.25) is 0 Å². The van der Waals surface area contributed by atoms with Gasteiger partial charge < -0.3 is 5.11 Å². The van der Waals surface area contributed by atoms with Crippen molar-refractivity contribution in [1.29, 1.82) is 0 Å². The third-order valence-electron chi connectivity index (χ3n) is 2.68. The van der Waals surface area contributed by atoms with Crippen LogP contribution in [0.25, 0.3) is 10.2 Å². The molecule has 3 aromatic heterocycles. The monoisotopic (exact) mass is 303 g/mol. The van der Waals surface area contributed by atoms with Gasteiger partial charge in [0.25, 0.3) is 0 Å². The quantitative estimate of drug-likeness (QED) is 0.749. The SMILES string of the molecule is Cc1csc2c(Sc3cc(C(=O)O)ccn3)ncnc12. The first-order valence-electron chi connectivity index (χ1n) is 5.71. The van der Waals surface area contributed by atoms with Gasteiger partial charge in [0.05, 0.1) is 15.8 Å². The van der Waals surface area contributed by atoms with E-state index in [1.807, 2.05) is 12.3 Å². The Labute approximate surface area is 122 Å². The number of aryl methyl sites for hydroxylation is 1. The van der Waals surface area contributed by atoms with Gasteiger partial charge in [0, 0.05) is 6.20 Å². The number of aromatic carboxylic acids is 1. The van der Waals surface area contributed by atoms with Crippen LogP contribution in [0.2, 0.25) is 0 Å². The maximum Gasteiger partial charge on any atom is 0.335 e. The molecular formula is C13H9N3O2S2. The van der Waals surface area contributed by atoms with Crippen LogP contribution in [0.4, 0.5) is 0 Å². The Morgan fingerprint density at radius 3 is 3.00 bits per heavy atom. The number of fused-ring (bicyclic) bond motifs is 1. The Kier molecular flexibility index (Phi) is 3.37. The predicted molar refractivity (Wildman–Crippen MR) is 77.5 cm³/mol. The number of carboxylic acids is 1. The maximum atomic E-state index is 11.0. The number of aromatic nitrogens is 3. The molecule has 0 bridgehead atoms. The van der Waals surface area contributed by atoms with E-state index in [2.05, 4.69) is 15.0 Å². The molecule has 5 nitrogen and oxygen atoms in total. The molecule has 100 valence electrons. The smallest absolute Gasteiger partial charge is 0.335 e. The van der Waals surface area contributed by atoms with Gasteiger partial charge in [-0.2, -0.15) is 0 Å². The maximum absolute atomic E-state index is 11.0. The van der Waals surface area contributed by atoms with Gasteiger partial charge in [0.15, 0.2) is 0 Å². The Morgan fingerprint density at radius 1 is 1.35 bits per heavy atom. The van der Waals surface area contributed by atoms with Crippen molar-refractivity contribution in [3.8, 4) is 0 Å². The van der Waals surface area contributed by atoms with Crippen molar-refractivity contribution in [2.45, 2.75) is 17.0 Å². The molecular weight excluding hydrogens is 294 g/mol. The molecule has 0 radical (unpaired) electrons. The Hall–Kier alpha value is -1.99. The summed E-state index contributed by atoms with van der Waals surface area (Å²) < 4.78 is 0.998. The molecule has 3 rings (SSSR count). The summed E-state index contributed by atoms with van der Waals surface area (Å²) in [6.07, 6.45) is 3.01. The number of hydrogen-bond acceptors (Lipinski definition) is 6. The van der Waals surface area contributed by atoms with E-state index in [4.69, 9.17) is 5.11 Å². The topological polar surface area (TPSA) is 76.0 Å². The standard InChI is InChI=1S/C13H9N3O2S2/c1-7-5-19-11-10(7)15-6-16-12(11)20-9-4-8(13(17)18)2-3-14-9/h2-6H,1H3,(H,17,18).